The van der Waals surface area contributed by atoms with Crippen LogP contribution in [0.15, 0.2) is 60.8 Å². The van der Waals surface area contributed by atoms with Gasteiger partial charge in [0, 0.05) is 6.42 Å². The van der Waals surface area contributed by atoms with E-state index < -0.39 is 5.97 Å². The molecule has 25 heavy (non-hydrogen) atoms. The second-order valence-corrected chi connectivity index (χ2v) is 6.37. The normalized spacial score (nSPS) is 14.0. The van der Waals surface area contributed by atoms with Gasteiger partial charge >= 0.3 is 5.97 Å². The summed E-state index contributed by atoms with van der Waals surface area (Å²) < 4.78 is 0. The van der Waals surface area contributed by atoms with Crippen molar-refractivity contribution in [1.82, 2.24) is 0 Å². The Hall–Kier alpha value is -1.83. The minimum Gasteiger partial charge on any atom is -0.481 e. The maximum absolute atomic E-state index is 10.4. The standard InChI is InChI=1S/C23H36O2/c1-3-4-5-6-7-8-9-10-13-16-19-22(2)20-17-14-11-12-15-18-21-23(24)25/h8-10,12-17,19,22H,3-7,11,18,20-21H2,1-2H3,(H,24,25). The maximum Gasteiger partial charge on any atom is 0.303 e. The average molecular weight is 345 g/mol. The second kappa shape index (κ2) is 18.5. The average Bonchev–Trinajstić information content (AvgIpc) is 2.58. The Labute approximate surface area is 154 Å². The van der Waals surface area contributed by atoms with Gasteiger partial charge in [0.1, 0.15) is 0 Å². The molecule has 0 saturated heterocycles. The van der Waals surface area contributed by atoms with E-state index in [2.05, 4.69) is 62.5 Å². The van der Waals surface area contributed by atoms with Crippen LogP contribution in [0.1, 0.15) is 71.6 Å². The van der Waals surface area contributed by atoms with Gasteiger partial charge in [-0.15, -0.1) is 0 Å². The van der Waals surface area contributed by atoms with Gasteiger partial charge < -0.3 is 5.11 Å². The summed E-state index contributed by atoms with van der Waals surface area (Å²) in [6, 6.07) is 0. The summed E-state index contributed by atoms with van der Waals surface area (Å²) in [6.45, 7) is 4.45. The monoisotopic (exact) mass is 344 g/mol. The van der Waals surface area contributed by atoms with Gasteiger partial charge in [-0.25, -0.2) is 0 Å². The van der Waals surface area contributed by atoms with E-state index in [0.717, 1.165) is 12.8 Å². The van der Waals surface area contributed by atoms with E-state index in [1.807, 2.05) is 12.2 Å². The molecule has 140 valence electrons. The first-order valence-electron chi connectivity index (χ1n) is 9.68. The third-order valence-corrected chi connectivity index (χ3v) is 3.77. The van der Waals surface area contributed by atoms with Gasteiger partial charge in [-0.05, 0) is 38.0 Å². The highest BCUT2D eigenvalue weighted by Gasteiger charge is 1.92. The Bertz CT molecular complexity index is 453. The zero-order valence-corrected chi connectivity index (χ0v) is 16.1. The van der Waals surface area contributed by atoms with Crippen molar-refractivity contribution in [1.29, 1.82) is 0 Å². The van der Waals surface area contributed by atoms with Gasteiger partial charge in [0.2, 0.25) is 0 Å². The zero-order chi connectivity index (χ0) is 18.6. The van der Waals surface area contributed by atoms with Crippen LogP contribution in [0.5, 0.6) is 0 Å². The van der Waals surface area contributed by atoms with Crippen LogP contribution in [0.3, 0.4) is 0 Å². The van der Waals surface area contributed by atoms with E-state index in [1.165, 1.54) is 32.1 Å². The molecule has 0 aliphatic heterocycles. The summed E-state index contributed by atoms with van der Waals surface area (Å²) in [5.41, 5.74) is 0. The Kier molecular flexibility index (Phi) is 17.2. The largest absolute Gasteiger partial charge is 0.481 e. The van der Waals surface area contributed by atoms with Crippen LogP contribution >= 0.6 is 0 Å². The number of carbonyl (C=O) groups is 1. The van der Waals surface area contributed by atoms with Crippen LogP contribution in [-0.2, 0) is 4.79 Å². The molecule has 0 aliphatic carbocycles. The van der Waals surface area contributed by atoms with Crippen molar-refractivity contribution in [3.63, 3.8) is 0 Å². The lowest BCUT2D eigenvalue weighted by molar-refractivity contribution is -0.136. The molecule has 1 N–H and O–H groups in total. The molecule has 0 aromatic carbocycles. The van der Waals surface area contributed by atoms with Gasteiger partial charge in [-0.2, -0.15) is 0 Å². The molecular formula is C23H36O2. The number of hydrogen-bond donors (Lipinski definition) is 1. The fraction of sp³-hybridized carbons (Fsp3) is 0.522. The molecule has 2 nitrogen and oxygen atoms in total. The Balaban J connectivity index is 3.69. The van der Waals surface area contributed by atoms with Crippen molar-refractivity contribution in [2.45, 2.75) is 71.6 Å². The summed E-state index contributed by atoms with van der Waals surface area (Å²) in [5.74, 6) is -0.216. The smallest absolute Gasteiger partial charge is 0.303 e. The van der Waals surface area contributed by atoms with Crippen LogP contribution in [0, 0.1) is 5.92 Å². The van der Waals surface area contributed by atoms with Crippen molar-refractivity contribution in [2.75, 3.05) is 0 Å². The first-order chi connectivity index (χ1) is 12.2. The van der Waals surface area contributed by atoms with E-state index in [1.54, 1.807) is 0 Å². The highest BCUT2D eigenvalue weighted by molar-refractivity contribution is 5.66. The number of rotatable bonds is 15. The summed E-state index contributed by atoms with van der Waals surface area (Å²) in [7, 11) is 0. The topological polar surface area (TPSA) is 37.3 Å². The van der Waals surface area contributed by atoms with Crippen LogP contribution in [0.25, 0.3) is 0 Å². The molecule has 0 heterocycles. The predicted octanol–water partition coefficient (Wildman–Crippen LogP) is 7.02. The van der Waals surface area contributed by atoms with Crippen LogP contribution < -0.4 is 0 Å². The molecule has 0 fully saturated rings. The molecule has 0 radical (unpaired) electrons. The fourth-order valence-corrected chi connectivity index (χ4v) is 2.23. The minimum absolute atomic E-state index is 0.212. The summed E-state index contributed by atoms with van der Waals surface area (Å²) >= 11 is 0. The number of allylic oxidation sites excluding steroid dienone is 10. The molecule has 0 aliphatic rings. The molecule has 0 spiro atoms. The van der Waals surface area contributed by atoms with Crippen LogP contribution in [0.4, 0.5) is 0 Å². The molecule has 0 rings (SSSR count). The zero-order valence-electron chi connectivity index (χ0n) is 16.1. The van der Waals surface area contributed by atoms with E-state index in [0.29, 0.717) is 12.3 Å². The number of unbranched alkanes of at least 4 members (excludes halogenated alkanes) is 4. The van der Waals surface area contributed by atoms with Gasteiger partial charge in [-0.1, -0.05) is 93.9 Å². The molecular weight excluding hydrogens is 308 g/mol. The third-order valence-electron chi connectivity index (χ3n) is 3.77. The van der Waals surface area contributed by atoms with E-state index in [4.69, 9.17) is 5.11 Å². The van der Waals surface area contributed by atoms with Gasteiger partial charge in [0.25, 0.3) is 0 Å². The third kappa shape index (κ3) is 20.1. The molecule has 0 bridgehead atoms. The molecule has 0 aromatic rings. The summed E-state index contributed by atoms with van der Waals surface area (Å²) in [5, 5.41) is 8.52. The number of hydrogen-bond acceptors (Lipinski definition) is 1. The minimum atomic E-state index is -0.739. The number of aliphatic carboxylic acids is 1. The maximum atomic E-state index is 10.4. The van der Waals surface area contributed by atoms with Gasteiger partial charge in [0.15, 0.2) is 0 Å². The first kappa shape index (κ1) is 23.2. The summed E-state index contributed by atoms with van der Waals surface area (Å²) in [4.78, 5) is 10.4. The highest BCUT2D eigenvalue weighted by Crippen LogP contribution is 2.06. The lowest BCUT2D eigenvalue weighted by Gasteiger charge is -1.99. The molecule has 0 saturated carbocycles. The lowest BCUT2D eigenvalue weighted by Crippen LogP contribution is -1.91. The number of carboxylic acids is 1. The molecule has 1 atom stereocenters. The molecule has 2 heteroatoms. The Morgan fingerprint density at radius 1 is 0.880 bits per heavy atom. The summed E-state index contributed by atoms with van der Waals surface area (Å²) in [6.07, 6.45) is 30.4. The van der Waals surface area contributed by atoms with E-state index in [9.17, 15) is 4.79 Å². The van der Waals surface area contributed by atoms with Crippen LogP contribution in [0.2, 0.25) is 0 Å². The Morgan fingerprint density at radius 2 is 1.64 bits per heavy atom. The molecule has 0 aromatic heterocycles. The van der Waals surface area contributed by atoms with Crippen molar-refractivity contribution in [3.05, 3.63) is 60.8 Å². The molecule has 0 amide bonds. The predicted molar refractivity (Wildman–Crippen MR) is 110 cm³/mol. The van der Waals surface area contributed by atoms with Crippen molar-refractivity contribution < 1.29 is 9.90 Å². The van der Waals surface area contributed by atoms with E-state index >= 15 is 0 Å². The number of carboxylic acid groups (broad SMARTS) is 1. The van der Waals surface area contributed by atoms with E-state index in [-0.39, 0.29) is 6.42 Å². The van der Waals surface area contributed by atoms with Crippen molar-refractivity contribution in [3.8, 4) is 0 Å². The SMILES string of the molecule is CCCCCCC=CC=CC=CC(C)CC=CCC=CCCC(=O)O. The second-order valence-electron chi connectivity index (χ2n) is 6.37. The lowest BCUT2D eigenvalue weighted by atomic mass is 10.1. The first-order valence-corrected chi connectivity index (χ1v) is 9.68. The van der Waals surface area contributed by atoms with Crippen molar-refractivity contribution >= 4 is 5.97 Å². The fourth-order valence-electron chi connectivity index (χ4n) is 2.23. The van der Waals surface area contributed by atoms with Gasteiger partial charge in [0.05, 0.1) is 0 Å². The van der Waals surface area contributed by atoms with Gasteiger partial charge in [-0.3, -0.25) is 4.79 Å². The van der Waals surface area contributed by atoms with Crippen molar-refractivity contribution in [2.24, 2.45) is 5.92 Å². The highest BCUT2D eigenvalue weighted by atomic mass is 16.4. The van der Waals surface area contributed by atoms with Crippen LogP contribution in [-0.4, -0.2) is 11.1 Å². The Morgan fingerprint density at radius 3 is 2.40 bits per heavy atom. The quantitative estimate of drug-likeness (QED) is 0.197. The molecule has 1 unspecified atom stereocenters.